The predicted octanol–water partition coefficient (Wildman–Crippen LogP) is 1.61. The summed E-state index contributed by atoms with van der Waals surface area (Å²) in [5, 5.41) is 15.8. The average molecular weight is 389 g/mol. The summed E-state index contributed by atoms with van der Waals surface area (Å²) < 4.78 is 33.0. The number of rotatable bonds is 4. The van der Waals surface area contributed by atoms with Crippen molar-refractivity contribution in [2.45, 2.75) is 24.5 Å². The minimum Gasteiger partial charge on any atom is -0.394 e. The number of ether oxygens (including phenoxy) is 1. The van der Waals surface area contributed by atoms with Crippen molar-refractivity contribution in [1.82, 2.24) is 15.5 Å². The second kappa shape index (κ2) is 7.37. The van der Waals surface area contributed by atoms with E-state index in [0.29, 0.717) is 37.4 Å². The second-order valence-corrected chi connectivity index (χ2v) is 7.08. The lowest BCUT2D eigenvalue weighted by molar-refractivity contribution is -0.129. The molecule has 1 saturated heterocycles. The molecule has 1 aromatic rings. The fourth-order valence-electron chi connectivity index (χ4n) is 3.69. The Morgan fingerprint density at radius 1 is 1.32 bits per heavy atom. The second-order valence-electron chi connectivity index (χ2n) is 7.08. The van der Waals surface area contributed by atoms with Crippen molar-refractivity contribution in [3.8, 4) is 0 Å². The topological polar surface area (TPSA) is 73.8 Å². The van der Waals surface area contributed by atoms with Crippen molar-refractivity contribution < 1.29 is 23.4 Å². The van der Waals surface area contributed by atoms with Crippen LogP contribution in [0.4, 0.5) is 8.78 Å². The van der Waals surface area contributed by atoms with Crippen LogP contribution < -0.4 is 10.6 Å². The Kier molecular flexibility index (Phi) is 4.91. The normalized spacial score (nSPS) is 22.8. The van der Waals surface area contributed by atoms with Crippen LogP contribution in [0.2, 0.25) is 0 Å². The van der Waals surface area contributed by atoms with Crippen LogP contribution >= 0.6 is 0 Å². The van der Waals surface area contributed by atoms with Crippen molar-refractivity contribution >= 4 is 11.6 Å². The van der Waals surface area contributed by atoms with E-state index in [1.165, 1.54) is 12.1 Å². The van der Waals surface area contributed by atoms with Gasteiger partial charge in [0.2, 0.25) is 0 Å². The van der Waals surface area contributed by atoms with E-state index in [1.807, 2.05) is 0 Å². The van der Waals surface area contributed by atoms with E-state index in [-0.39, 0.29) is 18.1 Å². The zero-order valence-corrected chi connectivity index (χ0v) is 15.1. The number of hydrogen-bond donors (Lipinski definition) is 3. The number of halogens is 2. The van der Waals surface area contributed by atoms with Gasteiger partial charge in [-0.15, -0.1) is 0 Å². The highest BCUT2D eigenvalue weighted by Gasteiger charge is 2.40. The molecule has 1 unspecified atom stereocenters. The monoisotopic (exact) mass is 389 g/mol. The van der Waals surface area contributed by atoms with E-state index in [2.05, 4.69) is 10.6 Å². The van der Waals surface area contributed by atoms with Gasteiger partial charge in [-0.25, -0.2) is 8.78 Å². The highest BCUT2D eigenvalue weighted by atomic mass is 19.1. The van der Waals surface area contributed by atoms with Gasteiger partial charge in [0.15, 0.2) is 6.17 Å². The first-order valence-corrected chi connectivity index (χ1v) is 9.13. The minimum absolute atomic E-state index is 0.180. The van der Waals surface area contributed by atoms with Crippen molar-refractivity contribution in [2.24, 2.45) is 0 Å². The largest absolute Gasteiger partial charge is 0.394 e. The molecule has 4 rings (SSSR count). The molecule has 0 aromatic heterocycles. The predicted molar refractivity (Wildman–Crippen MR) is 98.3 cm³/mol. The molecule has 8 heteroatoms. The summed E-state index contributed by atoms with van der Waals surface area (Å²) in [7, 11) is 0. The van der Waals surface area contributed by atoms with E-state index >= 15 is 0 Å². The highest BCUT2D eigenvalue weighted by molar-refractivity contribution is 5.88. The zero-order valence-electron chi connectivity index (χ0n) is 15.1. The van der Waals surface area contributed by atoms with Crippen LogP contribution in [0.25, 0.3) is 5.70 Å². The maximum absolute atomic E-state index is 14.4. The van der Waals surface area contributed by atoms with E-state index in [4.69, 9.17) is 4.74 Å². The molecule has 1 atom stereocenters. The Morgan fingerprint density at radius 2 is 2.11 bits per heavy atom. The Labute approximate surface area is 161 Å². The first kappa shape index (κ1) is 18.6. The molecule has 0 spiro atoms. The summed E-state index contributed by atoms with van der Waals surface area (Å²) in [5.41, 5.74) is 0.456. The number of carbonyl (C=O) groups excluding carboxylic acids is 1. The average Bonchev–Trinajstić information content (AvgIpc) is 3.08. The van der Waals surface area contributed by atoms with Gasteiger partial charge in [0, 0.05) is 31.0 Å². The molecule has 6 nitrogen and oxygen atoms in total. The summed E-state index contributed by atoms with van der Waals surface area (Å²) in [4.78, 5) is 14.7. The summed E-state index contributed by atoms with van der Waals surface area (Å²) in [6, 6.07) is 3.34. The molecule has 148 valence electrons. The van der Waals surface area contributed by atoms with Crippen LogP contribution in [0.1, 0.15) is 18.4 Å². The van der Waals surface area contributed by atoms with Crippen molar-refractivity contribution in [3.63, 3.8) is 0 Å². The molecular formula is C20H21F2N3O3. The van der Waals surface area contributed by atoms with Gasteiger partial charge in [-0.2, -0.15) is 0 Å². The quantitative estimate of drug-likeness (QED) is 0.730. The van der Waals surface area contributed by atoms with E-state index in [0.717, 1.165) is 6.07 Å². The number of amides is 1. The van der Waals surface area contributed by atoms with Crippen LogP contribution in [0.5, 0.6) is 0 Å². The van der Waals surface area contributed by atoms with Gasteiger partial charge < -0.3 is 25.4 Å². The minimum atomic E-state index is -0.818. The molecule has 3 N–H and O–H groups in total. The van der Waals surface area contributed by atoms with Crippen LogP contribution in [-0.2, 0) is 9.53 Å². The van der Waals surface area contributed by atoms with Gasteiger partial charge in [0.05, 0.1) is 23.5 Å². The van der Waals surface area contributed by atoms with Crippen molar-refractivity contribution in [3.05, 3.63) is 65.5 Å². The molecule has 0 aliphatic carbocycles. The number of hydrogen-bond acceptors (Lipinski definition) is 5. The fourth-order valence-corrected chi connectivity index (χ4v) is 3.69. The van der Waals surface area contributed by atoms with Crippen molar-refractivity contribution in [1.29, 1.82) is 0 Å². The third kappa shape index (κ3) is 3.29. The number of aliphatic hydroxyl groups excluding tert-OH is 1. The van der Waals surface area contributed by atoms with E-state index in [9.17, 15) is 18.7 Å². The maximum atomic E-state index is 14.4. The third-order valence-corrected chi connectivity index (χ3v) is 5.30. The highest BCUT2D eigenvalue weighted by Crippen LogP contribution is 2.32. The van der Waals surface area contributed by atoms with Gasteiger partial charge in [0.25, 0.3) is 5.91 Å². The molecule has 1 fully saturated rings. The molecule has 3 heterocycles. The van der Waals surface area contributed by atoms with Gasteiger partial charge >= 0.3 is 0 Å². The maximum Gasteiger partial charge on any atom is 0.264 e. The summed E-state index contributed by atoms with van der Waals surface area (Å²) >= 11 is 0. The molecular weight excluding hydrogens is 368 g/mol. The summed E-state index contributed by atoms with van der Waals surface area (Å²) in [6.07, 6.45) is 7.23. The first-order chi connectivity index (χ1) is 13.5. The van der Waals surface area contributed by atoms with Gasteiger partial charge in [-0.1, -0.05) is 6.08 Å². The zero-order chi connectivity index (χ0) is 19.7. The van der Waals surface area contributed by atoms with Crippen molar-refractivity contribution in [2.75, 3.05) is 19.8 Å². The smallest absolute Gasteiger partial charge is 0.264 e. The van der Waals surface area contributed by atoms with Crippen LogP contribution in [0.15, 0.2) is 48.3 Å². The number of aliphatic hydroxyl groups is 1. The van der Waals surface area contributed by atoms with Gasteiger partial charge in [-0.3, -0.25) is 4.79 Å². The molecule has 1 aromatic carbocycles. The number of allylic oxidation sites excluding steroid dienone is 3. The molecule has 28 heavy (non-hydrogen) atoms. The number of nitrogens with zero attached hydrogens (tertiary/aromatic N) is 1. The lowest BCUT2D eigenvalue weighted by Gasteiger charge is -2.38. The Hall–Kier alpha value is -2.71. The Morgan fingerprint density at radius 3 is 2.82 bits per heavy atom. The summed E-state index contributed by atoms with van der Waals surface area (Å²) in [6.45, 7) is 0.728. The van der Waals surface area contributed by atoms with Gasteiger partial charge in [-0.05, 0) is 37.1 Å². The molecule has 3 aliphatic rings. The lowest BCUT2D eigenvalue weighted by atomic mass is 9.91. The van der Waals surface area contributed by atoms with Crippen LogP contribution in [-0.4, -0.2) is 47.4 Å². The van der Waals surface area contributed by atoms with Crippen LogP contribution in [0.3, 0.4) is 0 Å². The standard InChI is InChI=1S/C20H21F2N3O3/c21-13-4-5-14(15(22)11-13)17-16-3-1-2-8-25(16)18(23-17)19(27)24-20(12-26)6-9-28-10-7-20/h1-5,8,11,18,23,26H,6-7,9-10,12H2,(H,24,27). The lowest BCUT2D eigenvalue weighted by Crippen LogP contribution is -2.60. The number of benzene rings is 1. The Balaban J connectivity index is 1.61. The number of fused-ring (bicyclic) bond motifs is 1. The first-order valence-electron chi connectivity index (χ1n) is 9.13. The SMILES string of the molecule is O=C(NC1(CO)CCOCC1)C1NC(c2ccc(F)cc2F)=C2C=CC=CN21. The summed E-state index contributed by atoms with van der Waals surface area (Å²) in [5.74, 6) is -1.72. The molecule has 0 saturated carbocycles. The third-order valence-electron chi connectivity index (χ3n) is 5.30. The Bertz CT molecular complexity index is 875. The van der Waals surface area contributed by atoms with Gasteiger partial charge in [0.1, 0.15) is 11.6 Å². The fraction of sp³-hybridized carbons (Fsp3) is 0.350. The van der Waals surface area contributed by atoms with E-state index < -0.39 is 23.3 Å². The number of nitrogens with one attached hydrogen (secondary N) is 2. The number of carbonyl (C=O) groups is 1. The van der Waals surface area contributed by atoms with E-state index in [1.54, 1.807) is 29.3 Å². The molecule has 1 amide bonds. The molecule has 0 bridgehead atoms. The van der Waals surface area contributed by atoms with Crippen LogP contribution in [0, 0.1) is 11.6 Å². The molecule has 0 radical (unpaired) electrons. The molecule has 3 aliphatic heterocycles.